The van der Waals surface area contributed by atoms with Crippen LogP contribution in [0, 0.1) is 10.8 Å². The summed E-state index contributed by atoms with van der Waals surface area (Å²) >= 11 is 0. The van der Waals surface area contributed by atoms with Crippen LogP contribution in [0.1, 0.15) is 26.7 Å². The second-order valence-electron chi connectivity index (χ2n) is 6.55. The summed E-state index contributed by atoms with van der Waals surface area (Å²) in [4.78, 5) is 10.7. The number of rotatable bonds is 6. The van der Waals surface area contributed by atoms with Crippen LogP contribution >= 0.6 is 24.3 Å². The minimum atomic E-state index is -3.93. The van der Waals surface area contributed by atoms with Gasteiger partial charge < -0.3 is 27.5 Å². The summed E-state index contributed by atoms with van der Waals surface area (Å²) in [5.74, 6) is 0. The van der Waals surface area contributed by atoms with Gasteiger partial charge in [0.15, 0.2) is 16.8 Å². The molecular formula is C14H29O7P3. The fraction of sp³-hybridized carbons (Fsp3) is 1.00. The van der Waals surface area contributed by atoms with Crippen LogP contribution in [0.3, 0.4) is 0 Å². The van der Waals surface area contributed by atoms with E-state index in [-0.39, 0.29) is 0 Å². The van der Waals surface area contributed by atoms with Gasteiger partial charge in [0, 0.05) is 31.3 Å². The van der Waals surface area contributed by atoms with Crippen molar-refractivity contribution in [2.24, 2.45) is 10.8 Å². The Labute approximate surface area is 147 Å². The van der Waals surface area contributed by atoms with Gasteiger partial charge in [-0.1, -0.05) is 13.8 Å². The molecule has 0 spiro atoms. The molecular weight excluding hydrogens is 373 g/mol. The highest BCUT2D eigenvalue weighted by molar-refractivity contribution is 7.53. The van der Waals surface area contributed by atoms with Crippen LogP contribution in [0.15, 0.2) is 0 Å². The lowest BCUT2D eigenvalue weighted by Gasteiger charge is -2.53. The first-order valence-electron chi connectivity index (χ1n) is 8.12. The monoisotopic (exact) mass is 402 g/mol. The second kappa shape index (κ2) is 8.25. The summed E-state index contributed by atoms with van der Waals surface area (Å²) in [7, 11) is -4.52. The van der Waals surface area contributed by atoms with Crippen LogP contribution in [0.5, 0.6) is 0 Å². The lowest BCUT2D eigenvalue weighted by Crippen LogP contribution is -2.56. The summed E-state index contributed by atoms with van der Waals surface area (Å²) in [6, 6.07) is 0. The fourth-order valence-electron chi connectivity index (χ4n) is 3.59. The zero-order valence-corrected chi connectivity index (χ0v) is 17.7. The molecule has 2 rings (SSSR count). The van der Waals surface area contributed by atoms with Gasteiger partial charge in [-0.15, -0.1) is 0 Å². The van der Waals surface area contributed by atoms with E-state index in [1.807, 2.05) is 27.2 Å². The van der Waals surface area contributed by atoms with Crippen molar-refractivity contribution in [2.45, 2.75) is 32.3 Å². The molecule has 2 aliphatic heterocycles. The van der Waals surface area contributed by atoms with Crippen molar-refractivity contribution in [3.63, 3.8) is 0 Å². The van der Waals surface area contributed by atoms with Crippen molar-refractivity contribution in [1.29, 1.82) is 0 Å². The fourth-order valence-corrected chi connectivity index (χ4v) is 7.76. The molecule has 2 saturated heterocycles. The smallest absolute Gasteiger partial charge is 0.332 e. The molecule has 7 nitrogen and oxygen atoms in total. The molecule has 0 aromatic heterocycles. The molecule has 0 amide bonds. The van der Waals surface area contributed by atoms with Crippen molar-refractivity contribution in [2.75, 3.05) is 46.9 Å². The van der Waals surface area contributed by atoms with E-state index < -0.39 is 40.8 Å². The standard InChI is InChI=1S/C14H29O7P3/c1-6-13(8-18-22(4)19-9-13)12(24(15,16)17-3)14(7-2)10-20-23(5)21-11-14/h12H,6-11H2,1-5H3,(H,15,16). The molecule has 24 heavy (non-hydrogen) atoms. The van der Waals surface area contributed by atoms with E-state index >= 15 is 0 Å². The number of hydrogen-bond acceptors (Lipinski definition) is 6. The Bertz CT molecular complexity index is 429. The van der Waals surface area contributed by atoms with Crippen molar-refractivity contribution >= 4 is 24.3 Å². The SMILES string of the molecule is CCC1(C(C2(CC)COP(C)OC2)P(=O)(O)OC)COP(C)OC1. The summed E-state index contributed by atoms with van der Waals surface area (Å²) in [6.07, 6.45) is 1.30. The van der Waals surface area contributed by atoms with Crippen molar-refractivity contribution in [1.82, 2.24) is 0 Å². The van der Waals surface area contributed by atoms with E-state index in [4.69, 9.17) is 22.6 Å². The highest BCUT2D eigenvalue weighted by Gasteiger charge is 2.61. The molecule has 10 heteroatoms. The second-order valence-corrected chi connectivity index (χ2v) is 11.4. The third-order valence-electron chi connectivity index (χ3n) is 5.29. The molecule has 0 aromatic rings. The van der Waals surface area contributed by atoms with Crippen LogP contribution in [-0.2, 0) is 27.2 Å². The van der Waals surface area contributed by atoms with Gasteiger partial charge in [-0.3, -0.25) is 4.57 Å². The predicted molar refractivity (Wildman–Crippen MR) is 95.6 cm³/mol. The van der Waals surface area contributed by atoms with Gasteiger partial charge in [0.05, 0.1) is 32.1 Å². The van der Waals surface area contributed by atoms with Gasteiger partial charge >= 0.3 is 7.60 Å². The van der Waals surface area contributed by atoms with Crippen LogP contribution in [0.2, 0.25) is 0 Å². The molecule has 2 heterocycles. The Morgan fingerprint density at radius 2 is 1.33 bits per heavy atom. The molecule has 2 aliphatic rings. The molecule has 1 atom stereocenters. The third kappa shape index (κ3) is 4.06. The molecule has 1 N–H and O–H groups in total. The lowest BCUT2D eigenvalue weighted by molar-refractivity contribution is -0.0546. The van der Waals surface area contributed by atoms with E-state index in [0.29, 0.717) is 39.3 Å². The van der Waals surface area contributed by atoms with E-state index in [1.165, 1.54) is 7.11 Å². The molecule has 0 aliphatic carbocycles. The predicted octanol–water partition coefficient (Wildman–Crippen LogP) is 3.96. The third-order valence-corrected chi connectivity index (χ3v) is 9.53. The Hall–Kier alpha value is 0.850. The zero-order chi connectivity index (χ0) is 18.0. The van der Waals surface area contributed by atoms with Gasteiger partial charge in [0.1, 0.15) is 0 Å². The minimum absolute atomic E-state index is 0.382. The molecule has 1 unspecified atom stereocenters. The van der Waals surface area contributed by atoms with Gasteiger partial charge in [-0.05, 0) is 12.8 Å². The Morgan fingerprint density at radius 1 is 1.00 bits per heavy atom. The van der Waals surface area contributed by atoms with Gasteiger partial charge in [0.25, 0.3) is 0 Å². The summed E-state index contributed by atoms with van der Waals surface area (Å²) in [5, 5.41) is 0. The first kappa shape index (κ1) is 21.2. The van der Waals surface area contributed by atoms with E-state index in [1.54, 1.807) is 0 Å². The topological polar surface area (TPSA) is 83.5 Å². The molecule has 0 radical (unpaired) electrons. The maximum absolute atomic E-state index is 13.1. The largest absolute Gasteiger partial charge is 0.334 e. The van der Waals surface area contributed by atoms with Gasteiger partial charge in [0.2, 0.25) is 0 Å². The van der Waals surface area contributed by atoms with Crippen molar-refractivity contribution in [3.8, 4) is 0 Å². The Balaban J connectivity index is 2.46. The van der Waals surface area contributed by atoms with E-state index in [0.717, 1.165) is 0 Å². The van der Waals surface area contributed by atoms with Crippen molar-refractivity contribution in [3.05, 3.63) is 0 Å². The highest BCUT2D eigenvalue weighted by Crippen LogP contribution is 2.66. The average molecular weight is 402 g/mol. The summed E-state index contributed by atoms with van der Waals surface area (Å²) in [5.41, 5.74) is -1.89. The lowest BCUT2D eigenvalue weighted by atomic mass is 9.69. The summed E-state index contributed by atoms with van der Waals surface area (Å²) in [6.45, 7) is 9.31. The average Bonchev–Trinajstić information content (AvgIpc) is 2.59. The Morgan fingerprint density at radius 3 is 1.58 bits per heavy atom. The first-order chi connectivity index (χ1) is 11.2. The highest BCUT2D eigenvalue weighted by atomic mass is 31.2. The van der Waals surface area contributed by atoms with Crippen LogP contribution in [-0.4, -0.2) is 57.4 Å². The molecule has 0 bridgehead atoms. The molecule has 2 fully saturated rings. The maximum Gasteiger partial charge on any atom is 0.332 e. The molecule has 0 aromatic carbocycles. The first-order valence-corrected chi connectivity index (χ1v) is 13.0. The van der Waals surface area contributed by atoms with Crippen LogP contribution < -0.4 is 0 Å². The van der Waals surface area contributed by atoms with Gasteiger partial charge in [-0.25, -0.2) is 0 Å². The maximum atomic E-state index is 13.1. The van der Waals surface area contributed by atoms with Crippen LogP contribution in [0.4, 0.5) is 0 Å². The van der Waals surface area contributed by atoms with Crippen molar-refractivity contribution < 1.29 is 32.1 Å². The quantitative estimate of drug-likeness (QED) is 0.674. The van der Waals surface area contributed by atoms with E-state index in [9.17, 15) is 9.46 Å². The normalized spacial score (nSPS) is 41.6. The van der Waals surface area contributed by atoms with Gasteiger partial charge in [-0.2, -0.15) is 0 Å². The molecule has 142 valence electrons. The van der Waals surface area contributed by atoms with Crippen LogP contribution in [0.25, 0.3) is 0 Å². The molecule has 0 saturated carbocycles. The zero-order valence-electron chi connectivity index (χ0n) is 15.1. The minimum Gasteiger partial charge on any atom is -0.334 e. The number of hydrogen-bond donors (Lipinski definition) is 1. The van der Waals surface area contributed by atoms with E-state index in [2.05, 4.69) is 0 Å². The summed E-state index contributed by atoms with van der Waals surface area (Å²) < 4.78 is 41.3. The Kier molecular flexibility index (Phi) is 7.27.